The second-order valence-corrected chi connectivity index (χ2v) is 8.99. The van der Waals surface area contributed by atoms with E-state index in [4.69, 9.17) is 0 Å². The Balaban J connectivity index is 2.09. The summed E-state index contributed by atoms with van der Waals surface area (Å²) < 4.78 is 28.3. The highest BCUT2D eigenvalue weighted by Gasteiger charge is 2.24. The Bertz CT molecular complexity index is 1090. The van der Waals surface area contributed by atoms with E-state index in [1.807, 2.05) is 38.2 Å². The quantitative estimate of drug-likeness (QED) is 0.524. The molecule has 0 radical (unpaired) electrons. The van der Waals surface area contributed by atoms with E-state index in [-0.39, 0.29) is 10.7 Å². The molecule has 0 aliphatic rings. The number of ketones is 1. The first-order chi connectivity index (χ1) is 13.4. The molecular weight excluding hydrogens is 392 g/mol. The molecule has 0 saturated carbocycles. The highest BCUT2D eigenvalue weighted by atomic mass is 32.2. The largest absolute Gasteiger partial charge is 0.388 e. The number of carbonyl (C=O) groups excluding carboxylic acids is 1. The molecule has 0 aliphatic heterocycles. The highest BCUT2D eigenvalue weighted by Crippen LogP contribution is 2.41. The van der Waals surface area contributed by atoms with Crippen molar-refractivity contribution >= 4 is 38.5 Å². The summed E-state index contributed by atoms with van der Waals surface area (Å²) in [5.74, 6) is -0.0862. The van der Waals surface area contributed by atoms with Gasteiger partial charge in [0.2, 0.25) is 0 Å². The van der Waals surface area contributed by atoms with Crippen LogP contribution < -0.4 is 10.0 Å². The molecule has 0 aliphatic carbocycles. The van der Waals surface area contributed by atoms with Gasteiger partial charge in [0.05, 0.1) is 15.5 Å². The van der Waals surface area contributed by atoms with E-state index in [2.05, 4.69) is 10.0 Å². The van der Waals surface area contributed by atoms with Gasteiger partial charge in [-0.2, -0.15) is 0 Å². The van der Waals surface area contributed by atoms with Gasteiger partial charge in [-0.05, 0) is 42.3 Å². The standard InChI is InChI=1S/C21H22N2O3S2/c1-4-18(24)21-19(23-28(25,26)17-8-6-5-7-9-17)14(2)20(27-21)15-10-12-16(22-3)13-11-15/h5-13,22-23H,4H2,1-3H3. The molecule has 0 atom stereocenters. The fourth-order valence-electron chi connectivity index (χ4n) is 2.85. The monoisotopic (exact) mass is 414 g/mol. The van der Waals surface area contributed by atoms with Crippen LogP contribution in [0.5, 0.6) is 0 Å². The minimum atomic E-state index is -3.79. The first-order valence-electron chi connectivity index (χ1n) is 8.90. The van der Waals surface area contributed by atoms with Crippen LogP contribution in [0.3, 0.4) is 0 Å². The number of nitrogens with one attached hydrogen (secondary N) is 2. The minimum Gasteiger partial charge on any atom is -0.388 e. The summed E-state index contributed by atoms with van der Waals surface area (Å²) in [6.07, 6.45) is 0.304. The molecule has 28 heavy (non-hydrogen) atoms. The maximum atomic E-state index is 12.8. The number of anilines is 2. The van der Waals surface area contributed by atoms with Crippen molar-refractivity contribution in [3.8, 4) is 10.4 Å². The molecular formula is C21H22N2O3S2. The molecule has 0 spiro atoms. The van der Waals surface area contributed by atoms with E-state index in [0.717, 1.165) is 21.7 Å². The lowest BCUT2D eigenvalue weighted by molar-refractivity contribution is 0.0993. The number of sulfonamides is 1. The first-order valence-corrected chi connectivity index (χ1v) is 11.2. The van der Waals surface area contributed by atoms with E-state index < -0.39 is 10.0 Å². The lowest BCUT2D eigenvalue weighted by atomic mass is 10.1. The first kappa shape index (κ1) is 20.1. The van der Waals surface area contributed by atoms with Crippen LogP contribution in [0.1, 0.15) is 28.6 Å². The van der Waals surface area contributed by atoms with Crippen molar-refractivity contribution in [1.82, 2.24) is 0 Å². The Morgan fingerprint density at radius 2 is 1.68 bits per heavy atom. The third-order valence-corrected chi connectivity index (χ3v) is 7.19. The molecule has 0 saturated heterocycles. The molecule has 1 aromatic heterocycles. The predicted molar refractivity (Wildman–Crippen MR) is 116 cm³/mol. The second-order valence-electron chi connectivity index (χ2n) is 6.28. The van der Waals surface area contributed by atoms with Crippen molar-refractivity contribution in [2.45, 2.75) is 25.2 Å². The molecule has 1 heterocycles. The summed E-state index contributed by atoms with van der Waals surface area (Å²) in [4.78, 5) is 14.0. The molecule has 2 N–H and O–H groups in total. The summed E-state index contributed by atoms with van der Waals surface area (Å²) in [6.45, 7) is 3.61. The van der Waals surface area contributed by atoms with Crippen molar-refractivity contribution in [3.05, 3.63) is 65.0 Å². The number of rotatable bonds is 7. The lowest BCUT2D eigenvalue weighted by Crippen LogP contribution is -2.15. The zero-order chi connectivity index (χ0) is 20.3. The van der Waals surface area contributed by atoms with Gasteiger partial charge in [-0.1, -0.05) is 37.3 Å². The van der Waals surface area contributed by atoms with Crippen molar-refractivity contribution in [2.75, 3.05) is 17.1 Å². The molecule has 146 valence electrons. The van der Waals surface area contributed by atoms with Gasteiger partial charge >= 0.3 is 0 Å². The van der Waals surface area contributed by atoms with Gasteiger partial charge in [-0.25, -0.2) is 8.42 Å². The van der Waals surface area contributed by atoms with Gasteiger partial charge < -0.3 is 5.32 Å². The lowest BCUT2D eigenvalue weighted by Gasteiger charge is -2.10. The fraction of sp³-hybridized carbons (Fsp3) is 0.190. The third kappa shape index (κ3) is 3.95. The highest BCUT2D eigenvalue weighted by molar-refractivity contribution is 7.92. The summed E-state index contributed by atoms with van der Waals surface area (Å²) in [7, 11) is -1.94. The zero-order valence-corrected chi connectivity index (χ0v) is 17.6. The Hall–Kier alpha value is -2.64. The Morgan fingerprint density at radius 1 is 1.04 bits per heavy atom. The van der Waals surface area contributed by atoms with E-state index in [0.29, 0.717) is 17.0 Å². The number of thiophene rings is 1. The van der Waals surface area contributed by atoms with Crippen LogP contribution >= 0.6 is 11.3 Å². The molecule has 0 bridgehead atoms. The van der Waals surface area contributed by atoms with Crippen molar-refractivity contribution in [2.24, 2.45) is 0 Å². The average Bonchev–Trinajstić information content (AvgIpc) is 3.04. The SMILES string of the molecule is CCC(=O)c1sc(-c2ccc(NC)cc2)c(C)c1NS(=O)(=O)c1ccccc1. The summed E-state index contributed by atoms with van der Waals surface area (Å²) in [5.41, 5.74) is 3.04. The van der Waals surface area contributed by atoms with Gasteiger partial charge in [0.15, 0.2) is 5.78 Å². The molecule has 7 heteroatoms. The normalized spacial score (nSPS) is 11.2. The molecule has 0 amide bonds. The van der Waals surface area contributed by atoms with Crippen LogP contribution in [-0.4, -0.2) is 21.2 Å². The van der Waals surface area contributed by atoms with Gasteiger partial charge in [-0.3, -0.25) is 9.52 Å². The molecule has 2 aromatic carbocycles. The van der Waals surface area contributed by atoms with Crippen LogP contribution in [-0.2, 0) is 10.0 Å². The van der Waals surface area contributed by atoms with Crippen LogP contribution in [0.15, 0.2) is 59.5 Å². The molecule has 0 unspecified atom stereocenters. The van der Waals surface area contributed by atoms with E-state index in [1.165, 1.54) is 23.5 Å². The number of benzene rings is 2. The van der Waals surface area contributed by atoms with Gasteiger partial charge in [0.25, 0.3) is 10.0 Å². The number of hydrogen-bond acceptors (Lipinski definition) is 5. The number of carbonyl (C=O) groups is 1. The van der Waals surface area contributed by atoms with Crippen molar-refractivity contribution in [3.63, 3.8) is 0 Å². The van der Waals surface area contributed by atoms with Crippen LogP contribution in [0.25, 0.3) is 10.4 Å². The second kappa shape index (κ2) is 8.16. The Labute approximate surface area is 169 Å². The van der Waals surface area contributed by atoms with E-state index in [1.54, 1.807) is 25.1 Å². The fourth-order valence-corrected chi connectivity index (χ4v) is 5.35. The maximum Gasteiger partial charge on any atom is 0.261 e. The summed E-state index contributed by atoms with van der Waals surface area (Å²) in [6, 6.07) is 16.0. The number of Topliss-reactive ketones (excluding diaryl/α,β-unsaturated/α-hetero) is 1. The minimum absolute atomic E-state index is 0.0862. The Morgan fingerprint density at radius 3 is 2.25 bits per heavy atom. The molecule has 5 nitrogen and oxygen atoms in total. The zero-order valence-electron chi connectivity index (χ0n) is 15.9. The van der Waals surface area contributed by atoms with Gasteiger partial charge in [0.1, 0.15) is 0 Å². The van der Waals surface area contributed by atoms with Crippen LogP contribution in [0.2, 0.25) is 0 Å². The maximum absolute atomic E-state index is 12.8. The average molecular weight is 415 g/mol. The summed E-state index contributed by atoms with van der Waals surface area (Å²) >= 11 is 1.32. The topological polar surface area (TPSA) is 75.3 Å². The van der Waals surface area contributed by atoms with Gasteiger partial charge in [0, 0.05) is 24.0 Å². The molecule has 3 rings (SSSR count). The third-order valence-electron chi connectivity index (χ3n) is 4.45. The summed E-state index contributed by atoms with van der Waals surface area (Å²) in [5, 5.41) is 3.07. The molecule has 3 aromatic rings. The predicted octanol–water partition coefficient (Wildman–Crippen LogP) is 5.16. The Kier molecular flexibility index (Phi) is 5.86. The van der Waals surface area contributed by atoms with Crippen molar-refractivity contribution < 1.29 is 13.2 Å². The van der Waals surface area contributed by atoms with Gasteiger partial charge in [-0.15, -0.1) is 11.3 Å². The van der Waals surface area contributed by atoms with Crippen molar-refractivity contribution in [1.29, 1.82) is 0 Å². The van der Waals surface area contributed by atoms with E-state index >= 15 is 0 Å². The van der Waals surface area contributed by atoms with E-state index in [9.17, 15) is 13.2 Å². The van der Waals surface area contributed by atoms with Crippen LogP contribution in [0.4, 0.5) is 11.4 Å². The molecule has 0 fully saturated rings. The number of hydrogen-bond donors (Lipinski definition) is 2. The smallest absolute Gasteiger partial charge is 0.261 e. The van der Waals surface area contributed by atoms with Crippen LogP contribution in [0, 0.1) is 6.92 Å².